The molecule has 0 spiro atoms. The van der Waals surface area contributed by atoms with E-state index in [2.05, 4.69) is 0 Å². The van der Waals surface area contributed by atoms with E-state index >= 15 is 0 Å². The number of methoxy groups -OCH3 is 3. The molecule has 0 saturated carbocycles. The van der Waals surface area contributed by atoms with Crippen molar-refractivity contribution in [1.82, 2.24) is 0 Å². The van der Waals surface area contributed by atoms with Gasteiger partial charge in [-0.2, -0.15) is 5.26 Å². The zero-order chi connectivity index (χ0) is 11.3. The van der Waals surface area contributed by atoms with Gasteiger partial charge < -0.3 is 14.2 Å². The molecule has 1 aromatic carbocycles. The molecule has 0 aliphatic rings. The number of ether oxygens (including phenoxy) is 3. The third kappa shape index (κ3) is 2.28. The second kappa shape index (κ2) is 5.37. The van der Waals surface area contributed by atoms with Crippen LogP contribution in [0.25, 0.3) is 0 Å². The van der Waals surface area contributed by atoms with Crippen LogP contribution in [0.3, 0.4) is 0 Å². The zero-order valence-corrected chi connectivity index (χ0v) is 9.55. The van der Waals surface area contributed by atoms with Crippen LogP contribution < -0.4 is 14.2 Å². The first kappa shape index (κ1) is 11.5. The van der Waals surface area contributed by atoms with Crippen LogP contribution in [0.5, 0.6) is 17.2 Å². The predicted octanol–water partition coefficient (Wildman–Crippen LogP) is 2.29. The summed E-state index contributed by atoms with van der Waals surface area (Å²) in [5, 5.41) is 10.6. The summed E-state index contributed by atoms with van der Waals surface area (Å²) in [7, 11) is 4.61. The van der Waals surface area contributed by atoms with Gasteiger partial charge in [-0.3, -0.25) is 0 Å². The maximum Gasteiger partial charge on any atom is 0.204 e. The Balaban J connectivity index is 3.28. The average molecular weight is 225 g/mol. The number of benzene rings is 1. The molecule has 0 bridgehead atoms. The smallest absolute Gasteiger partial charge is 0.204 e. The molecular weight excluding hydrogens is 214 g/mol. The molecule has 0 aliphatic carbocycles. The van der Waals surface area contributed by atoms with Gasteiger partial charge in [-0.1, -0.05) is 0 Å². The minimum atomic E-state index is 0.500. The summed E-state index contributed by atoms with van der Waals surface area (Å²) in [6, 6.07) is 3.50. The van der Waals surface area contributed by atoms with Gasteiger partial charge in [0.1, 0.15) is 5.40 Å². The molecule has 1 rings (SSSR count). The summed E-state index contributed by atoms with van der Waals surface area (Å²) in [6.07, 6.45) is 0. The van der Waals surface area contributed by atoms with Crippen LogP contribution >= 0.6 is 11.8 Å². The van der Waals surface area contributed by atoms with Gasteiger partial charge in [0.05, 0.1) is 26.2 Å². The Morgan fingerprint density at radius 3 is 2.20 bits per heavy atom. The summed E-state index contributed by atoms with van der Waals surface area (Å²) in [6.45, 7) is 0. The largest absolute Gasteiger partial charge is 0.493 e. The van der Waals surface area contributed by atoms with Crippen LogP contribution in [0, 0.1) is 10.7 Å². The molecule has 4 nitrogen and oxygen atoms in total. The lowest BCUT2D eigenvalue weighted by molar-refractivity contribution is 0.319. The highest BCUT2D eigenvalue weighted by Gasteiger charge is 2.15. The number of hydrogen-bond donors (Lipinski definition) is 0. The number of rotatable bonds is 4. The molecule has 0 radical (unpaired) electrons. The molecule has 0 heterocycles. The highest BCUT2D eigenvalue weighted by molar-refractivity contribution is 8.03. The first-order valence-corrected chi connectivity index (χ1v) is 4.95. The van der Waals surface area contributed by atoms with Crippen molar-refractivity contribution < 1.29 is 14.2 Å². The van der Waals surface area contributed by atoms with Gasteiger partial charge in [0.2, 0.25) is 5.75 Å². The Morgan fingerprint density at radius 2 is 1.73 bits per heavy atom. The van der Waals surface area contributed by atoms with E-state index in [9.17, 15) is 0 Å². The standard InChI is InChI=1S/C10H11NO3S/c1-12-7-4-5-8(15-6-11)10(14-3)9(7)13-2/h4-5H,1-3H3. The fourth-order valence-electron chi connectivity index (χ4n) is 1.20. The van der Waals surface area contributed by atoms with Gasteiger partial charge in [-0.25, -0.2) is 0 Å². The molecule has 5 heteroatoms. The highest BCUT2D eigenvalue weighted by atomic mass is 32.2. The first-order valence-electron chi connectivity index (χ1n) is 4.13. The van der Waals surface area contributed by atoms with Crippen LogP contribution in [-0.2, 0) is 0 Å². The number of thiocyanates is 1. The van der Waals surface area contributed by atoms with Crippen LogP contribution in [0.1, 0.15) is 0 Å². The molecule has 0 atom stereocenters. The SMILES string of the molecule is COc1ccc(SC#N)c(OC)c1OC. The third-order valence-electron chi connectivity index (χ3n) is 1.82. The predicted molar refractivity (Wildman–Crippen MR) is 57.6 cm³/mol. The fraction of sp³-hybridized carbons (Fsp3) is 0.300. The van der Waals surface area contributed by atoms with E-state index in [1.165, 1.54) is 14.2 Å². The summed E-state index contributed by atoms with van der Waals surface area (Å²) >= 11 is 1.02. The summed E-state index contributed by atoms with van der Waals surface area (Å²) in [5.74, 6) is 1.60. The quantitative estimate of drug-likeness (QED) is 0.581. The molecule has 80 valence electrons. The normalized spacial score (nSPS) is 9.20. The third-order valence-corrected chi connectivity index (χ3v) is 2.46. The monoisotopic (exact) mass is 225 g/mol. The molecule has 0 unspecified atom stereocenters. The van der Waals surface area contributed by atoms with Gasteiger partial charge in [-0.05, 0) is 23.9 Å². The van der Waals surface area contributed by atoms with E-state index in [4.69, 9.17) is 19.5 Å². The Kier molecular flexibility index (Phi) is 4.13. The van der Waals surface area contributed by atoms with Gasteiger partial charge in [0, 0.05) is 0 Å². The molecule has 15 heavy (non-hydrogen) atoms. The average Bonchev–Trinajstić information content (AvgIpc) is 2.28. The van der Waals surface area contributed by atoms with E-state index in [0.29, 0.717) is 22.1 Å². The Hall–Kier alpha value is -1.54. The summed E-state index contributed by atoms with van der Waals surface area (Å²) < 4.78 is 15.5. The van der Waals surface area contributed by atoms with Crippen molar-refractivity contribution in [3.8, 4) is 22.6 Å². The Bertz CT molecular complexity index is 387. The minimum absolute atomic E-state index is 0.500. The summed E-state index contributed by atoms with van der Waals surface area (Å²) in [4.78, 5) is 0.706. The lowest BCUT2D eigenvalue weighted by Crippen LogP contribution is -1.95. The number of hydrogen-bond acceptors (Lipinski definition) is 5. The molecule has 0 saturated heterocycles. The molecule has 0 aromatic heterocycles. The molecule has 0 fully saturated rings. The van der Waals surface area contributed by atoms with Crippen molar-refractivity contribution >= 4 is 11.8 Å². The van der Waals surface area contributed by atoms with Crippen LogP contribution in [0.15, 0.2) is 17.0 Å². The fourth-order valence-corrected chi connectivity index (χ4v) is 1.71. The molecular formula is C10H11NO3S. The molecule has 0 N–H and O–H groups in total. The Labute approximate surface area is 92.7 Å². The lowest BCUT2D eigenvalue weighted by Gasteiger charge is -2.13. The second-order valence-corrected chi connectivity index (χ2v) is 3.35. The van der Waals surface area contributed by atoms with Gasteiger partial charge in [0.25, 0.3) is 0 Å². The highest BCUT2D eigenvalue weighted by Crippen LogP contribution is 2.43. The van der Waals surface area contributed by atoms with Crippen LogP contribution in [-0.4, -0.2) is 21.3 Å². The van der Waals surface area contributed by atoms with Crippen molar-refractivity contribution in [2.45, 2.75) is 4.90 Å². The zero-order valence-electron chi connectivity index (χ0n) is 8.73. The second-order valence-electron chi connectivity index (χ2n) is 2.53. The molecule has 1 aromatic rings. The van der Waals surface area contributed by atoms with Gasteiger partial charge in [-0.15, -0.1) is 0 Å². The van der Waals surface area contributed by atoms with E-state index in [-0.39, 0.29) is 0 Å². The number of nitrogens with zero attached hydrogens (tertiary/aromatic N) is 1. The maximum absolute atomic E-state index is 8.62. The first-order chi connectivity index (χ1) is 7.28. The van der Waals surface area contributed by atoms with E-state index < -0.39 is 0 Å². The van der Waals surface area contributed by atoms with Gasteiger partial charge >= 0.3 is 0 Å². The van der Waals surface area contributed by atoms with E-state index in [1.54, 1.807) is 19.2 Å². The minimum Gasteiger partial charge on any atom is -0.493 e. The van der Waals surface area contributed by atoms with Crippen molar-refractivity contribution in [1.29, 1.82) is 5.26 Å². The lowest BCUT2D eigenvalue weighted by atomic mass is 10.3. The van der Waals surface area contributed by atoms with Crippen LogP contribution in [0.2, 0.25) is 0 Å². The Morgan fingerprint density at radius 1 is 1.07 bits per heavy atom. The van der Waals surface area contributed by atoms with Gasteiger partial charge in [0.15, 0.2) is 11.5 Å². The number of thioether (sulfide) groups is 1. The van der Waals surface area contributed by atoms with E-state index in [1.807, 2.05) is 5.40 Å². The van der Waals surface area contributed by atoms with Crippen molar-refractivity contribution in [2.75, 3.05) is 21.3 Å². The van der Waals surface area contributed by atoms with Crippen LogP contribution in [0.4, 0.5) is 0 Å². The topological polar surface area (TPSA) is 51.5 Å². The van der Waals surface area contributed by atoms with Crippen molar-refractivity contribution in [3.05, 3.63) is 12.1 Å². The van der Waals surface area contributed by atoms with Crippen molar-refractivity contribution in [2.24, 2.45) is 0 Å². The summed E-state index contributed by atoms with van der Waals surface area (Å²) in [5.41, 5.74) is 0. The van der Waals surface area contributed by atoms with E-state index in [0.717, 1.165) is 11.8 Å². The maximum atomic E-state index is 8.62. The number of nitriles is 1. The molecule has 0 aliphatic heterocycles. The molecule has 0 amide bonds. The van der Waals surface area contributed by atoms with Crippen molar-refractivity contribution in [3.63, 3.8) is 0 Å².